The Kier molecular flexibility index (Phi) is 4.23. The van der Waals surface area contributed by atoms with Gasteiger partial charge in [-0.15, -0.1) is 0 Å². The van der Waals surface area contributed by atoms with Crippen LogP contribution in [0, 0.1) is 11.3 Å². The minimum atomic E-state index is -0.643. The molecule has 0 unspecified atom stereocenters. The molecule has 0 aliphatic rings. The monoisotopic (exact) mass is 233 g/mol. The molecule has 0 bridgehead atoms. The number of nitriles is 1. The highest BCUT2D eigenvalue weighted by molar-refractivity contribution is 6.01. The first-order chi connectivity index (χ1) is 8.17. The van der Waals surface area contributed by atoms with E-state index < -0.39 is 5.97 Å². The van der Waals surface area contributed by atoms with Crippen molar-refractivity contribution in [2.75, 3.05) is 13.7 Å². The van der Waals surface area contributed by atoms with Gasteiger partial charge in [0.2, 0.25) is 0 Å². The molecule has 0 spiro atoms. The van der Waals surface area contributed by atoms with E-state index in [9.17, 15) is 9.59 Å². The Bertz CT molecular complexity index is 488. The van der Waals surface area contributed by atoms with Gasteiger partial charge in [-0.3, -0.25) is 4.79 Å². The average molecular weight is 233 g/mol. The number of esters is 1. The van der Waals surface area contributed by atoms with Gasteiger partial charge in [-0.05, 0) is 19.1 Å². The summed E-state index contributed by atoms with van der Waals surface area (Å²) in [6.45, 7) is 1.86. The predicted octanol–water partition coefficient (Wildman–Crippen LogP) is 1.56. The minimum absolute atomic E-state index is 0.0448. The number of ether oxygens (including phenoxy) is 2. The van der Waals surface area contributed by atoms with Crippen molar-refractivity contribution in [2.45, 2.75) is 6.92 Å². The lowest BCUT2D eigenvalue weighted by Gasteiger charge is -2.10. The van der Waals surface area contributed by atoms with E-state index in [0.29, 0.717) is 6.29 Å². The third kappa shape index (κ3) is 2.61. The number of hydrogen-bond acceptors (Lipinski definition) is 5. The van der Waals surface area contributed by atoms with Crippen molar-refractivity contribution >= 4 is 12.3 Å². The maximum atomic E-state index is 11.7. The molecule has 1 aromatic rings. The van der Waals surface area contributed by atoms with Crippen LogP contribution in [0.25, 0.3) is 0 Å². The first kappa shape index (κ1) is 12.7. The second kappa shape index (κ2) is 5.66. The summed E-state index contributed by atoms with van der Waals surface area (Å²) in [6, 6.07) is 4.59. The Morgan fingerprint density at radius 2 is 2.24 bits per heavy atom. The number of benzene rings is 1. The number of methoxy groups -OCH3 is 1. The first-order valence-electron chi connectivity index (χ1n) is 4.92. The van der Waals surface area contributed by atoms with Crippen LogP contribution < -0.4 is 4.74 Å². The molecule has 0 saturated heterocycles. The highest BCUT2D eigenvalue weighted by Gasteiger charge is 2.19. The van der Waals surface area contributed by atoms with Crippen LogP contribution in [0.2, 0.25) is 0 Å². The van der Waals surface area contributed by atoms with E-state index in [-0.39, 0.29) is 29.0 Å². The molecule has 5 nitrogen and oxygen atoms in total. The van der Waals surface area contributed by atoms with Gasteiger partial charge in [0.25, 0.3) is 0 Å². The molecule has 1 rings (SSSR count). The molecule has 0 radical (unpaired) electrons. The summed E-state index contributed by atoms with van der Waals surface area (Å²) in [5.74, 6) is -0.486. The molecule has 5 heteroatoms. The minimum Gasteiger partial charge on any atom is -0.496 e. The Morgan fingerprint density at radius 3 is 2.71 bits per heavy atom. The average Bonchev–Trinajstić information content (AvgIpc) is 2.37. The van der Waals surface area contributed by atoms with Crippen molar-refractivity contribution in [2.24, 2.45) is 0 Å². The summed E-state index contributed by atoms with van der Waals surface area (Å²) in [6.07, 6.45) is 0.496. The molecule has 0 aliphatic carbocycles. The van der Waals surface area contributed by atoms with E-state index in [4.69, 9.17) is 14.7 Å². The summed E-state index contributed by atoms with van der Waals surface area (Å²) in [5.41, 5.74) is 0.375. The standard InChI is InChI=1S/C12H11NO4/c1-3-17-12(15)11-9(7-14)4-8(6-13)5-10(11)16-2/h4-5,7H,3H2,1-2H3. The van der Waals surface area contributed by atoms with Gasteiger partial charge in [0, 0.05) is 5.56 Å². The van der Waals surface area contributed by atoms with Gasteiger partial charge in [0.15, 0.2) is 6.29 Å². The number of rotatable bonds is 4. The van der Waals surface area contributed by atoms with E-state index in [1.165, 1.54) is 19.2 Å². The van der Waals surface area contributed by atoms with Crippen molar-refractivity contribution < 1.29 is 19.1 Å². The van der Waals surface area contributed by atoms with Gasteiger partial charge in [-0.1, -0.05) is 0 Å². The molecular formula is C12H11NO4. The lowest BCUT2D eigenvalue weighted by Crippen LogP contribution is -2.10. The van der Waals surface area contributed by atoms with Gasteiger partial charge in [0.05, 0.1) is 25.3 Å². The van der Waals surface area contributed by atoms with Crippen LogP contribution >= 0.6 is 0 Å². The third-order valence-electron chi connectivity index (χ3n) is 2.09. The fourth-order valence-electron chi connectivity index (χ4n) is 1.38. The number of hydrogen-bond donors (Lipinski definition) is 0. The Balaban J connectivity index is 3.40. The Hall–Kier alpha value is -2.35. The van der Waals surface area contributed by atoms with Crippen molar-refractivity contribution in [3.8, 4) is 11.8 Å². The number of carbonyl (C=O) groups is 2. The van der Waals surface area contributed by atoms with Crippen LogP contribution in [-0.4, -0.2) is 26.0 Å². The predicted molar refractivity (Wildman–Crippen MR) is 59.1 cm³/mol. The van der Waals surface area contributed by atoms with E-state index in [2.05, 4.69) is 0 Å². The largest absolute Gasteiger partial charge is 0.496 e. The SMILES string of the molecule is CCOC(=O)c1c(C=O)cc(C#N)cc1OC. The lowest BCUT2D eigenvalue weighted by atomic mass is 10.0. The molecule has 0 atom stereocenters. The fraction of sp³-hybridized carbons (Fsp3) is 0.250. The summed E-state index contributed by atoms with van der Waals surface area (Å²) < 4.78 is 9.81. The van der Waals surface area contributed by atoms with Gasteiger partial charge >= 0.3 is 5.97 Å². The van der Waals surface area contributed by atoms with Gasteiger partial charge < -0.3 is 9.47 Å². The number of nitrogens with zero attached hydrogens (tertiary/aromatic N) is 1. The van der Waals surface area contributed by atoms with E-state index in [0.717, 1.165) is 0 Å². The molecule has 17 heavy (non-hydrogen) atoms. The van der Waals surface area contributed by atoms with Crippen LogP contribution in [0.3, 0.4) is 0 Å². The fourth-order valence-corrected chi connectivity index (χ4v) is 1.38. The van der Waals surface area contributed by atoms with Gasteiger partial charge in [0.1, 0.15) is 11.3 Å². The maximum absolute atomic E-state index is 11.7. The molecule has 0 aliphatic heterocycles. The normalized spacial score (nSPS) is 9.24. The third-order valence-corrected chi connectivity index (χ3v) is 2.09. The quantitative estimate of drug-likeness (QED) is 0.582. The molecule has 0 fully saturated rings. The topological polar surface area (TPSA) is 76.4 Å². The molecule has 0 saturated carbocycles. The summed E-state index contributed by atoms with van der Waals surface area (Å²) in [4.78, 5) is 22.6. The zero-order chi connectivity index (χ0) is 12.8. The summed E-state index contributed by atoms with van der Waals surface area (Å²) in [5, 5.41) is 8.77. The summed E-state index contributed by atoms with van der Waals surface area (Å²) >= 11 is 0. The zero-order valence-electron chi connectivity index (χ0n) is 9.52. The molecule has 88 valence electrons. The van der Waals surface area contributed by atoms with E-state index >= 15 is 0 Å². The van der Waals surface area contributed by atoms with Crippen LogP contribution in [0.1, 0.15) is 33.2 Å². The van der Waals surface area contributed by atoms with Crippen molar-refractivity contribution in [1.29, 1.82) is 5.26 Å². The highest BCUT2D eigenvalue weighted by atomic mass is 16.5. The second-order valence-corrected chi connectivity index (χ2v) is 3.09. The van der Waals surface area contributed by atoms with Crippen LogP contribution in [0.15, 0.2) is 12.1 Å². The van der Waals surface area contributed by atoms with Gasteiger partial charge in [-0.2, -0.15) is 5.26 Å². The van der Waals surface area contributed by atoms with Crippen LogP contribution in [0.5, 0.6) is 5.75 Å². The van der Waals surface area contributed by atoms with Crippen molar-refractivity contribution in [3.05, 3.63) is 28.8 Å². The molecule has 0 N–H and O–H groups in total. The van der Waals surface area contributed by atoms with E-state index in [1.807, 2.05) is 6.07 Å². The van der Waals surface area contributed by atoms with Crippen molar-refractivity contribution in [3.63, 3.8) is 0 Å². The molecular weight excluding hydrogens is 222 g/mol. The smallest absolute Gasteiger partial charge is 0.342 e. The van der Waals surface area contributed by atoms with E-state index in [1.54, 1.807) is 6.92 Å². The van der Waals surface area contributed by atoms with Gasteiger partial charge in [-0.25, -0.2) is 4.79 Å². The Morgan fingerprint density at radius 1 is 1.53 bits per heavy atom. The van der Waals surface area contributed by atoms with Crippen molar-refractivity contribution in [1.82, 2.24) is 0 Å². The molecule has 1 aromatic carbocycles. The molecule has 0 aromatic heterocycles. The summed E-state index contributed by atoms with van der Waals surface area (Å²) in [7, 11) is 1.35. The number of aldehydes is 1. The van der Waals surface area contributed by atoms with Crippen LogP contribution in [0.4, 0.5) is 0 Å². The highest BCUT2D eigenvalue weighted by Crippen LogP contribution is 2.24. The maximum Gasteiger partial charge on any atom is 0.342 e. The molecule has 0 heterocycles. The second-order valence-electron chi connectivity index (χ2n) is 3.09. The number of carbonyl (C=O) groups excluding carboxylic acids is 2. The first-order valence-corrected chi connectivity index (χ1v) is 4.92. The lowest BCUT2D eigenvalue weighted by molar-refractivity contribution is 0.0520. The van der Waals surface area contributed by atoms with Crippen LogP contribution in [-0.2, 0) is 4.74 Å². The zero-order valence-corrected chi connectivity index (χ0v) is 9.52. The molecule has 0 amide bonds. The Labute approximate surface area is 98.6 Å².